The smallest absolute Gasteiger partial charge is 0.141 e. The summed E-state index contributed by atoms with van der Waals surface area (Å²) in [4.78, 5) is 8.28. The number of anilines is 3. The second-order valence-corrected chi connectivity index (χ2v) is 6.83. The molecule has 7 N–H and O–H groups in total. The van der Waals surface area contributed by atoms with Gasteiger partial charge in [0, 0.05) is 17.3 Å². The number of aliphatic hydroxyl groups excluding tert-OH is 1. The number of hydrogen-bond acceptors (Lipinski definition) is 7. The first-order chi connectivity index (χ1) is 12.9. The first kappa shape index (κ1) is 18.7. The number of nitrogens with one attached hydrogen (secondary N) is 2. The highest BCUT2D eigenvalue weighted by atomic mass is 16.3. The third-order valence-electron chi connectivity index (χ3n) is 4.75. The summed E-state index contributed by atoms with van der Waals surface area (Å²) < 4.78 is 0. The van der Waals surface area contributed by atoms with Crippen molar-refractivity contribution >= 4 is 23.0 Å². The van der Waals surface area contributed by atoms with Crippen molar-refractivity contribution in [3.63, 3.8) is 0 Å². The first-order valence-corrected chi connectivity index (χ1v) is 8.96. The molecule has 0 spiro atoms. The summed E-state index contributed by atoms with van der Waals surface area (Å²) in [5, 5.41) is 21.4. The predicted molar refractivity (Wildman–Crippen MR) is 108 cm³/mol. The van der Waals surface area contributed by atoms with E-state index in [0.29, 0.717) is 17.1 Å². The van der Waals surface area contributed by atoms with Crippen LogP contribution in [0.15, 0.2) is 24.5 Å². The molecule has 0 unspecified atom stereocenters. The van der Waals surface area contributed by atoms with Gasteiger partial charge in [0.2, 0.25) is 0 Å². The summed E-state index contributed by atoms with van der Waals surface area (Å²) in [7, 11) is 0. The Bertz CT molecular complexity index is 906. The van der Waals surface area contributed by atoms with Crippen LogP contribution in [0.25, 0.3) is 0 Å². The van der Waals surface area contributed by atoms with Gasteiger partial charge in [-0.3, -0.25) is 5.41 Å². The fourth-order valence-electron chi connectivity index (χ4n) is 3.14. The third-order valence-corrected chi connectivity index (χ3v) is 4.75. The van der Waals surface area contributed by atoms with Gasteiger partial charge in [-0.1, -0.05) is 12.0 Å². The summed E-state index contributed by atoms with van der Waals surface area (Å²) in [6.07, 6.45) is 4.32. The van der Waals surface area contributed by atoms with Crippen LogP contribution in [0.2, 0.25) is 0 Å². The highest BCUT2D eigenvalue weighted by molar-refractivity contribution is 6.16. The lowest BCUT2D eigenvalue weighted by molar-refractivity contribution is 0.126. The van der Waals surface area contributed by atoms with Gasteiger partial charge in [-0.05, 0) is 56.2 Å². The molecular weight excluding hydrogens is 340 g/mol. The molecular formula is C20H24N6O. The summed E-state index contributed by atoms with van der Waals surface area (Å²) in [6, 6.07) is 5.68. The minimum Gasteiger partial charge on any atom is -0.399 e. The van der Waals surface area contributed by atoms with Crippen molar-refractivity contribution < 1.29 is 5.11 Å². The molecule has 2 aromatic rings. The number of nitrogens with two attached hydrogens (primary N) is 2. The minimum absolute atomic E-state index is 0.0493. The molecule has 0 atom stereocenters. The zero-order valence-corrected chi connectivity index (χ0v) is 15.3. The van der Waals surface area contributed by atoms with Gasteiger partial charge in [0.25, 0.3) is 0 Å². The molecule has 0 saturated heterocycles. The molecule has 140 valence electrons. The number of rotatable bonds is 3. The first-order valence-electron chi connectivity index (χ1n) is 8.96. The molecule has 0 radical (unpaired) electrons. The number of aryl methyl sites for hydroxylation is 1. The summed E-state index contributed by atoms with van der Waals surface area (Å²) >= 11 is 0. The molecule has 1 saturated carbocycles. The summed E-state index contributed by atoms with van der Waals surface area (Å²) in [5.41, 5.74) is 14.7. The van der Waals surface area contributed by atoms with Gasteiger partial charge in [0.05, 0.1) is 11.7 Å². The topological polar surface area (TPSA) is 134 Å². The molecule has 0 amide bonds. The molecule has 0 bridgehead atoms. The van der Waals surface area contributed by atoms with Crippen LogP contribution in [0.4, 0.5) is 17.3 Å². The van der Waals surface area contributed by atoms with Gasteiger partial charge in [-0.15, -0.1) is 0 Å². The van der Waals surface area contributed by atoms with Crippen molar-refractivity contribution in [3.05, 3.63) is 41.2 Å². The highest BCUT2D eigenvalue weighted by Gasteiger charge is 2.22. The molecule has 1 aliphatic carbocycles. The van der Waals surface area contributed by atoms with Gasteiger partial charge in [-0.25, -0.2) is 9.97 Å². The summed E-state index contributed by atoms with van der Waals surface area (Å²) in [5.74, 6) is 6.56. The number of nitrogens with zero attached hydrogens (tertiary/aromatic N) is 2. The number of aliphatic hydroxyl groups is 1. The van der Waals surface area contributed by atoms with E-state index in [1.54, 1.807) is 6.07 Å². The van der Waals surface area contributed by atoms with E-state index in [2.05, 4.69) is 27.1 Å². The van der Waals surface area contributed by atoms with Crippen LogP contribution in [0.3, 0.4) is 0 Å². The lowest BCUT2D eigenvalue weighted by Gasteiger charge is -2.27. The van der Waals surface area contributed by atoms with Crippen molar-refractivity contribution in [3.8, 4) is 11.8 Å². The molecule has 7 heteroatoms. The fourth-order valence-corrected chi connectivity index (χ4v) is 3.14. The minimum atomic E-state index is -0.233. The Balaban J connectivity index is 1.85. The molecule has 27 heavy (non-hydrogen) atoms. The fraction of sp³-hybridized carbons (Fsp3) is 0.350. The van der Waals surface area contributed by atoms with Gasteiger partial charge >= 0.3 is 0 Å². The zero-order chi connectivity index (χ0) is 19.4. The average molecular weight is 364 g/mol. The van der Waals surface area contributed by atoms with Crippen molar-refractivity contribution in [2.45, 2.75) is 44.8 Å². The maximum atomic E-state index is 9.67. The van der Waals surface area contributed by atoms with E-state index in [1.807, 2.05) is 19.1 Å². The maximum absolute atomic E-state index is 9.67. The Morgan fingerprint density at radius 2 is 1.96 bits per heavy atom. The van der Waals surface area contributed by atoms with E-state index >= 15 is 0 Å². The molecule has 1 aliphatic rings. The molecule has 3 rings (SSSR count). The van der Waals surface area contributed by atoms with E-state index in [9.17, 15) is 5.11 Å². The second-order valence-electron chi connectivity index (χ2n) is 6.83. The number of aromatic nitrogens is 2. The molecule has 1 aromatic carbocycles. The molecule has 1 fully saturated rings. The monoisotopic (exact) mass is 364 g/mol. The normalized spacial score (nSPS) is 19.0. The van der Waals surface area contributed by atoms with Gasteiger partial charge in [0.1, 0.15) is 23.7 Å². The van der Waals surface area contributed by atoms with Crippen LogP contribution in [0.5, 0.6) is 0 Å². The molecule has 1 aromatic heterocycles. The van der Waals surface area contributed by atoms with Gasteiger partial charge in [-0.2, -0.15) is 0 Å². The van der Waals surface area contributed by atoms with Crippen molar-refractivity contribution in [2.24, 2.45) is 0 Å². The maximum Gasteiger partial charge on any atom is 0.141 e. The van der Waals surface area contributed by atoms with Crippen LogP contribution < -0.4 is 16.8 Å². The molecule has 1 heterocycles. The summed E-state index contributed by atoms with van der Waals surface area (Å²) in [6.45, 7) is 1.94. The van der Waals surface area contributed by atoms with Gasteiger partial charge in [0.15, 0.2) is 0 Å². The quantitative estimate of drug-likeness (QED) is 0.322. The SMILES string of the molecule is Cc1ccc(N)cc1C#CC(=N)c1c(N)ncnc1NC1CCC(O)CC1. The van der Waals surface area contributed by atoms with E-state index < -0.39 is 0 Å². The highest BCUT2D eigenvalue weighted by Crippen LogP contribution is 2.25. The Kier molecular flexibility index (Phi) is 5.57. The van der Waals surface area contributed by atoms with Crippen LogP contribution in [-0.2, 0) is 0 Å². The van der Waals surface area contributed by atoms with Crippen LogP contribution in [-0.4, -0.2) is 32.9 Å². The Hall–Kier alpha value is -3.11. The third kappa shape index (κ3) is 4.54. The average Bonchev–Trinajstić information content (AvgIpc) is 2.64. The van der Waals surface area contributed by atoms with Crippen molar-refractivity contribution in [1.82, 2.24) is 9.97 Å². The van der Waals surface area contributed by atoms with Gasteiger partial charge < -0.3 is 21.9 Å². The van der Waals surface area contributed by atoms with Crippen LogP contribution >= 0.6 is 0 Å². The Labute approximate surface area is 158 Å². The van der Waals surface area contributed by atoms with Crippen molar-refractivity contribution in [2.75, 3.05) is 16.8 Å². The standard InChI is InChI=1S/C20H24N6O/c1-12-2-4-14(21)10-13(12)3-9-17(22)18-19(23)24-11-25-20(18)26-15-5-7-16(27)8-6-15/h2,4,10-11,15-16,22,27H,5-8,21H2,1H3,(H3,23,24,25,26). The van der Waals surface area contributed by atoms with Crippen LogP contribution in [0, 0.1) is 24.2 Å². The lowest BCUT2D eigenvalue weighted by atomic mass is 9.93. The Morgan fingerprint density at radius 1 is 1.22 bits per heavy atom. The number of benzene rings is 1. The van der Waals surface area contributed by atoms with E-state index in [4.69, 9.17) is 16.9 Å². The van der Waals surface area contributed by atoms with E-state index in [1.165, 1.54) is 6.33 Å². The lowest BCUT2D eigenvalue weighted by Crippen LogP contribution is -2.29. The van der Waals surface area contributed by atoms with E-state index in [0.717, 1.165) is 36.8 Å². The van der Waals surface area contributed by atoms with Crippen molar-refractivity contribution in [1.29, 1.82) is 5.41 Å². The van der Waals surface area contributed by atoms with Crippen LogP contribution in [0.1, 0.15) is 42.4 Å². The molecule has 7 nitrogen and oxygen atoms in total. The predicted octanol–water partition coefficient (Wildman–Crippen LogP) is 2.08. The molecule has 0 aliphatic heterocycles. The largest absolute Gasteiger partial charge is 0.399 e. The second kappa shape index (κ2) is 8.06. The number of nitrogen functional groups attached to an aromatic ring is 2. The number of hydrogen-bond donors (Lipinski definition) is 5. The Morgan fingerprint density at radius 3 is 2.70 bits per heavy atom. The van der Waals surface area contributed by atoms with E-state index in [-0.39, 0.29) is 23.7 Å². The zero-order valence-electron chi connectivity index (χ0n) is 15.3.